The second kappa shape index (κ2) is 8.17. The topological polar surface area (TPSA) is 49.3 Å². The summed E-state index contributed by atoms with van der Waals surface area (Å²) in [5, 5.41) is 1.26. The van der Waals surface area contributed by atoms with Gasteiger partial charge in [-0.1, -0.05) is 41.4 Å². The molecule has 4 rings (SSSR count). The van der Waals surface area contributed by atoms with Crippen LogP contribution in [0.3, 0.4) is 0 Å². The highest BCUT2D eigenvalue weighted by atomic mass is 35.5. The van der Waals surface area contributed by atoms with Crippen molar-refractivity contribution in [2.24, 2.45) is 0 Å². The molecule has 0 spiro atoms. The number of aromatic nitrogens is 2. The Morgan fingerprint density at radius 2 is 1.61 bits per heavy atom. The van der Waals surface area contributed by atoms with E-state index in [0.717, 1.165) is 17.1 Å². The van der Waals surface area contributed by atoms with E-state index in [2.05, 4.69) is 14.9 Å². The Morgan fingerprint density at radius 3 is 2.32 bits per heavy atom. The minimum Gasteiger partial charge on any atom is -0.353 e. The van der Waals surface area contributed by atoms with Crippen LogP contribution in [-0.2, 0) is 0 Å². The first-order valence-corrected chi connectivity index (χ1v) is 9.73. The number of hydrogen-bond donors (Lipinski definition) is 0. The molecule has 1 aliphatic heterocycles. The van der Waals surface area contributed by atoms with E-state index in [1.54, 1.807) is 30.6 Å². The summed E-state index contributed by atoms with van der Waals surface area (Å²) < 4.78 is 0. The highest BCUT2D eigenvalue weighted by molar-refractivity contribution is 6.31. The Morgan fingerprint density at radius 1 is 0.857 bits per heavy atom. The first kappa shape index (κ1) is 18.7. The molecule has 0 saturated carbocycles. The van der Waals surface area contributed by atoms with Gasteiger partial charge in [-0.2, -0.15) is 0 Å². The third kappa shape index (κ3) is 4.11. The SMILES string of the molecule is O=C(c1cccc(Cl)c1)N1CCN(c2cc(-c3ccc(Cl)cc3)ncn2)CC1. The molecular weight excluding hydrogens is 395 g/mol. The van der Waals surface area contributed by atoms with Crippen molar-refractivity contribution in [3.63, 3.8) is 0 Å². The molecular formula is C21H18Cl2N4O. The number of piperazine rings is 1. The lowest BCUT2D eigenvalue weighted by atomic mass is 10.1. The van der Waals surface area contributed by atoms with Crippen molar-refractivity contribution in [2.75, 3.05) is 31.1 Å². The lowest BCUT2D eigenvalue weighted by molar-refractivity contribution is 0.0746. The van der Waals surface area contributed by atoms with Crippen LogP contribution < -0.4 is 4.90 Å². The van der Waals surface area contributed by atoms with Gasteiger partial charge < -0.3 is 9.80 Å². The zero-order valence-corrected chi connectivity index (χ0v) is 16.6. The molecule has 0 atom stereocenters. The van der Waals surface area contributed by atoms with Gasteiger partial charge in [0.1, 0.15) is 12.1 Å². The number of anilines is 1. The molecule has 0 N–H and O–H groups in total. The maximum absolute atomic E-state index is 12.7. The largest absolute Gasteiger partial charge is 0.353 e. The van der Waals surface area contributed by atoms with E-state index < -0.39 is 0 Å². The van der Waals surface area contributed by atoms with Gasteiger partial charge in [0.15, 0.2) is 0 Å². The second-order valence-corrected chi connectivity index (χ2v) is 7.43. The van der Waals surface area contributed by atoms with Crippen LogP contribution in [0.4, 0.5) is 5.82 Å². The van der Waals surface area contributed by atoms with Crippen molar-refractivity contribution >= 4 is 34.9 Å². The van der Waals surface area contributed by atoms with E-state index in [9.17, 15) is 4.79 Å². The first-order valence-electron chi connectivity index (χ1n) is 8.98. The van der Waals surface area contributed by atoms with Crippen molar-refractivity contribution in [3.8, 4) is 11.3 Å². The monoisotopic (exact) mass is 412 g/mol. The molecule has 7 heteroatoms. The van der Waals surface area contributed by atoms with Gasteiger partial charge in [0.25, 0.3) is 5.91 Å². The molecule has 1 aliphatic rings. The van der Waals surface area contributed by atoms with E-state index in [4.69, 9.17) is 23.2 Å². The lowest BCUT2D eigenvalue weighted by Crippen LogP contribution is -2.49. The standard InChI is InChI=1S/C21H18Cl2N4O/c22-17-6-4-15(5-7-17)19-13-20(25-14-24-19)26-8-10-27(11-9-26)21(28)16-2-1-3-18(23)12-16/h1-7,12-14H,8-11H2. The van der Waals surface area contributed by atoms with Gasteiger partial charge in [-0.25, -0.2) is 9.97 Å². The molecule has 3 aromatic rings. The summed E-state index contributed by atoms with van der Waals surface area (Å²) >= 11 is 12.0. The highest BCUT2D eigenvalue weighted by Crippen LogP contribution is 2.23. The maximum Gasteiger partial charge on any atom is 0.254 e. The maximum atomic E-state index is 12.7. The summed E-state index contributed by atoms with van der Waals surface area (Å²) in [4.78, 5) is 25.5. The zero-order chi connectivity index (χ0) is 19.5. The molecule has 0 unspecified atom stereocenters. The molecule has 1 amide bonds. The Balaban J connectivity index is 1.44. The van der Waals surface area contributed by atoms with E-state index in [0.29, 0.717) is 41.8 Å². The fourth-order valence-electron chi connectivity index (χ4n) is 3.24. The van der Waals surface area contributed by atoms with Gasteiger partial charge in [-0.15, -0.1) is 0 Å². The van der Waals surface area contributed by atoms with Crippen molar-refractivity contribution < 1.29 is 4.79 Å². The fraction of sp³-hybridized carbons (Fsp3) is 0.190. The summed E-state index contributed by atoms with van der Waals surface area (Å²) in [5.41, 5.74) is 2.45. The average molecular weight is 413 g/mol. The molecule has 2 heterocycles. The van der Waals surface area contributed by atoms with Crippen LogP contribution in [0, 0.1) is 0 Å². The predicted octanol–water partition coefficient (Wildman–Crippen LogP) is 4.41. The Hall–Kier alpha value is -2.63. The van der Waals surface area contributed by atoms with Crippen LogP contribution in [0.15, 0.2) is 60.9 Å². The molecule has 1 saturated heterocycles. The minimum atomic E-state index is 0.00620. The average Bonchev–Trinajstić information content (AvgIpc) is 2.74. The van der Waals surface area contributed by atoms with E-state index >= 15 is 0 Å². The van der Waals surface area contributed by atoms with E-state index in [1.165, 1.54) is 0 Å². The van der Waals surface area contributed by atoms with Crippen LogP contribution in [0.2, 0.25) is 10.0 Å². The number of halogens is 2. The van der Waals surface area contributed by atoms with Crippen LogP contribution in [-0.4, -0.2) is 47.0 Å². The summed E-state index contributed by atoms with van der Waals surface area (Å²) in [7, 11) is 0. The van der Waals surface area contributed by atoms with Crippen LogP contribution in [0.1, 0.15) is 10.4 Å². The number of benzene rings is 2. The molecule has 142 valence electrons. The van der Waals surface area contributed by atoms with Crippen LogP contribution in [0.5, 0.6) is 0 Å². The molecule has 1 fully saturated rings. The molecule has 28 heavy (non-hydrogen) atoms. The van der Waals surface area contributed by atoms with Crippen molar-refractivity contribution in [2.45, 2.75) is 0 Å². The number of hydrogen-bond acceptors (Lipinski definition) is 4. The van der Waals surface area contributed by atoms with Crippen molar-refractivity contribution in [3.05, 3.63) is 76.5 Å². The van der Waals surface area contributed by atoms with Gasteiger partial charge in [-0.3, -0.25) is 4.79 Å². The smallest absolute Gasteiger partial charge is 0.254 e. The van der Waals surface area contributed by atoms with Gasteiger partial charge in [-0.05, 0) is 30.3 Å². The zero-order valence-electron chi connectivity index (χ0n) is 15.1. The van der Waals surface area contributed by atoms with Gasteiger partial charge in [0.05, 0.1) is 5.69 Å². The molecule has 0 aliphatic carbocycles. The van der Waals surface area contributed by atoms with Crippen molar-refractivity contribution in [1.29, 1.82) is 0 Å². The molecule has 0 radical (unpaired) electrons. The number of amides is 1. The van der Waals surface area contributed by atoms with Gasteiger partial charge >= 0.3 is 0 Å². The fourth-order valence-corrected chi connectivity index (χ4v) is 3.56. The van der Waals surface area contributed by atoms with Crippen LogP contribution >= 0.6 is 23.2 Å². The minimum absolute atomic E-state index is 0.00620. The Kier molecular flexibility index (Phi) is 5.46. The quantitative estimate of drug-likeness (QED) is 0.638. The number of carbonyl (C=O) groups is 1. The summed E-state index contributed by atoms with van der Waals surface area (Å²) in [5.74, 6) is 0.862. The molecule has 0 bridgehead atoms. The first-order chi connectivity index (χ1) is 13.6. The molecule has 1 aromatic heterocycles. The summed E-state index contributed by atoms with van der Waals surface area (Å²) in [6.45, 7) is 2.68. The molecule has 5 nitrogen and oxygen atoms in total. The van der Waals surface area contributed by atoms with Crippen LogP contribution in [0.25, 0.3) is 11.3 Å². The van der Waals surface area contributed by atoms with E-state index in [1.807, 2.05) is 35.2 Å². The summed E-state index contributed by atoms with van der Waals surface area (Å²) in [6, 6.07) is 16.6. The van der Waals surface area contributed by atoms with E-state index in [-0.39, 0.29) is 5.91 Å². The Bertz CT molecular complexity index is 986. The third-order valence-corrected chi connectivity index (χ3v) is 5.24. The highest BCUT2D eigenvalue weighted by Gasteiger charge is 2.23. The normalized spacial score (nSPS) is 14.2. The lowest BCUT2D eigenvalue weighted by Gasteiger charge is -2.35. The summed E-state index contributed by atoms with van der Waals surface area (Å²) in [6.07, 6.45) is 1.57. The number of rotatable bonds is 3. The molecule has 2 aromatic carbocycles. The number of nitrogens with zero attached hydrogens (tertiary/aromatic N) is 4. The Labute approximate surface area is 173 Å². The predicted molar refractivity (Wildman–Crippen MR) is 112 cm³/mol. The van der Waals surface area contributed by atoms with Gasteiger partial charge in [0.2, 0.25) is 0 Å². The third-order valence-electron chi connectivity index (χ3n) is 4.76. The second-order valence-electron chi connectivity index (χ2n) is 6.56. The van der Waals surface area contributed by atoms with Crippen molar-refractivity contribution in [1.82, 2.24) is 14.9 Å². The number of carbonyl (C=O) groups excluding carboxylic acids is 1. The van der Waals surface area contributed by atoms with Gasteiger partial charge in [0, 0.05) is 53.4 Å².